The normalized spacial score (nSPS) is 11.0. The van der Waals surface area contributed by atoms with E-state index in [2.05, 4.69) is 36.8 Å². The van der Waals surface area contributed by atoms with Crippen LogP contribution in [0.4, 0.5) is 5.69 Å². The van der Waals surface area contributed by atoms with Gasteiger partial charge in [0.05, 0.1) is 42.0 Å². The number of carbonyl (C=O) groups is 1. The molecule has 4 heterocycles. The predicted octanol–water partition coefficient (Wildman–Crippen LogP) is 1.12. The van der Waals surface area contributed by atoms with Gasteiger partial charge in [-0.15, -0.1) is 5.10 Å². The summed E-state index contributed by atoms with van der Waals surface area (Å²) in [7, 11) is 0. The van der Waals surface area contributed by atoms with E-state index in [-0.39, 0.29) is 12.5 Å². The Morgan fingerprint density at radius 3 is 2.83 bits per heavy atom. The number of nitrogens with one attached hydrogen (secondary N) is 1. The first-order chi connectivity index (χ1) is 14.4. The molecule has 0 spiro atoms. The SMILES string of the molecule is CC(C)Nc1cc(-n2ncc3cc(C#N)cnc32)ncc1-n1cc(CC(N)=O)nn1. The average Bonchev–Trinajstić information content (AvgIpc) is 3.33. The molecule has 150 valence electrons. The molecule has 4 aromatic heterocycles. The first kappa shape index (κ1) is 19.0. The molecule has 0 aliphatic rings. The third-order valence-electron chi connectivity index (χ3n) is 4.21. The molecule has 11 heteroatoms. The van der Waals surface area contributed by atoms with Crippen LogP contribution < -0.4 is 11.1 Å². The van der Waals surface area contributed by atoms with Gasteiger partial charge in [-0.25, -0.2) is 14.6 Å². The number of nitriles is 1. The molecular weight excluding hydrogens is 384 g/mol. The van der Waals surface area contributed by atoms with Crippen molar-refractivity contribution in [3.05, 3.63) is 48.2 Å². The van der Waals surface area contributed by atoms with E-state index >= 15 is 0 Å². The van der Waals surface area contributed by atoms with Crippen LogP contribution >= 0.6 is 0 Å². The molecule has 3 N–H and O–H groups in total. The Morgan fingerprint density at radius 1 is 1.27 bits per heavy atom. The molecule has 0 saturated heterocycles. The first-order valence-corrected chi connectivity index (χ1v) is 9.15. The standard InChI is InChI=1S/C19H18N10O/c1-11(2)25-15-5-18(29-19-13(8-24-29)3-12(6-20)7-23-19)22-9-16(15)28-10-14(26-27-28)4-17(21)30/h3,5,7-11H,4H2,1-2H3,(H2,21,30)(H,22,25). The second-order valence-corrected chi connectivity index (χ2v) is 6.96. The molecule has 0 aliphatic heterocycles. The average molecular weight is 402 g/mol. The number of primary amides is 1. The van der Waals surface area contributed by atoms with Crippen LogP contribution in [0.15, 0.2) is 36.9 Å². The maximum Gasteiger partial charge on any atom is 0.223 e. The summed E-state index contributed by atoms with van der Waals surface area (Å²) in [5, 5.41) is 25.6. The van der Waals surface area contributed by atoms with Gasteiger partial charge in [0.15, 0.2) is 11.5 Å². The van der Waals surface area contributed by atoms with E-state index in [1.165, 1.54) is 6.20 Å². The molecule has 0 bridgehead atoms. The number of aromatic nitrogens is 7. The molecule has 0 radical (unpaired) electrons. The summed E-state index contributed by atoms with van der Waals surface area (Å²) in [5.74, 6) is 0.0697. The van der Waals surface area contributed by atoms with Crippen LogP contribution in [0.2, 0.25) is 0 Å². The Balaban J connectivity index is 1.77. The molecule has 0 fully saturated rings. The second kappa shape index (κ2) is 7.59. The van der Waals surface area contributed by atoms with Crippen LogP contribution in [0.25, 0.3) is 22.5 Å². The van der Waals surface area contributed by atoms with Gasteiger partial charge in [0, 0.05) is 23.7 Å². The smallest absolute Gasteiger partial charge is 0.223 e. The van der Waals surface area contributed by atoms with Crippen LogP contribution in [-0.4, -0.2) is 46.7 Å². The maximum absolute atomic E-state index is 11.1. The van der Waals surface area contributed by atoms with Crippen LogP contribution in [0.1, 0.15) is 25.1 Å². The fourth-order valence-electron chi connectivity index (χ4n) is 2.99. The van der Waals surface area contributed by atoms with Gasteiger partial charge in [-0.05, 0) is 19.9 Å². The van der Waals surface area contributed by atoms with Crippen molar-refractivity contribution in [2.75, 3.05) is 5.32 Å². The molecule has 30 heavy (non-hydrogen) atoms. The van der Waals surface area contributed by atoms with Crippen molar-refractivity contribution in [1.82, 2.24) is 34.7 Å². The lowest BCUT2D eigenvalue weighted by atomic mass is 10.2. The Labute approximate surface area is 171 Å². The zero-order chi connectivity index (χ0) is 21.3. The molecule has 0 aliphatic carbocycles. The highest BCUT2D eigenvalue weighted by molar-refractivity contribution is 5.78. The largest absolute Gasteiger partial charge is 0.381 e. The number of pyridine rings is 2. The molecule has 0 unspecified atom stereocenters. The van der Waals surface area contributed by atoms with Crippen LogP contribution in [-0.2, 0) is 11.2 Å². The summed E-state index contributed by atoms with van der Waals surface area (Å²) in [4.78, 5) is 20.0. The van der Waals surface area contributed by atoms with E-state index in [9.17, 15) is 4.79 Å². The lowest BCUT2D eigenvalue weighted by molar-refractivity contribution is -0.117. The van der Waals surface area contributed by atoms with E-state index in [0.29, 0.717) is 28.4 Å². The van der Waals surface area contributed by atoms with Crippen molar-refractivity contribution < 1.29 is 4.79 Å². The first-order valence-electron chi connectivity index (χ1n) is 9.15. The van der Waals surface area contributed by atoms with E-state index in [0.717, 1.165) is 11.1 Å². The Kier molecular flexibility index (Phi) is 4.81. The lowest BCUT2D eigenvalue weighted by Gasteiger charge is -2.15. The summed E-state index contributed by atoms with van der Waals surface area (Å²) in [5.41, 5.74) is 8.17. The molecule has 4 aromatic rings. The summed E-state index contributed by atoms with van der Waals surface area (Å²) in [6.07, 6.45) is 6.43. The number of rotatable bonds is 6. The summed E-state index contributed by atoms with van der Waals surface area (Å²) < 4.78 is 3.14. The number of fused-ring (bicyclic) bond motifs is 1. The Morgan fingerprint density at radius 2 is 2.10 bits per heavy atom. The number of nitrogens with two attached hydrogens (primary N) is 1. The molecule has 0 aromatic carbocycles. The van der Waals surface area contributed by atoms with Gasteiger partial charge in [-0.2, -0.15) is 15.0 Å². The maximum atomic E-state index is 11.1. The Bertz CT molecular complexity index is 1280. The molecule has 0 saturated carbocycles. The van der Waals surface area contributed by atoms with Gasteiger partial charge in [-0.1, -0.05) is 5.21 Å². The lowest BCUT2D eigenvalue weighted by Crippen LogP contribution is -2.14. The molecule has 1 amide bonds. The highest BCUT2D eigenvalue weighted by Gasteiger charge is 2.15. The van der Waals surface area contributed by atoms with Crippen molar-refractivity contribution in [3.63, 3.8) is 0 Å². The minimum atomic E-state index is -0.478. The highest BCUT2D eigenvalue weighted by Crippen LogP contribution is 2.24. The third kappa shape index (κ3) is 3.66. The van der Waals surface area contributed by atoms with Crippen molar-refractivity contribution >= 4 is 22.6 Å². The molecule has 0 atom stereocenters. The quantitative estimate of drug-likeness (QED) is 0.486. The molecule has 11 nitrogen and oxygen atoms in total. The van der Waals surface area contributed by atoms with Crippen molar-refractivity contribution in [2.24, 2.45) is 5.73 Å². The molecule has 4 rings (SSSR count). The number of hydrogen-bond donors (Lipinski definition) is 2. The van der Waals surface area contributed by atoms with Crippen molar-refractivity contribution in [1.29, 1.82) is 5.26 Å². The minimum absolute atomic E-state index is 0.00802. The fraction of sp³-hybridized carbons (Fsp3) is 0.211. The van der Waals surface area contributed by atoms with Crippen LogP contribution in [0, 0.1) is 11.3 Å². The number of nitrogens with zero attached hydrogens (tertiary/aromatic N) is 8. The van der Waals surface area contributed by atoms with Gasteiger partial charge in [0.25, 0.3) is 0 Å². The van der Waals surface area contributed by atoms with Gasteiger partial charge in [0.1, 0.15) is 11.8 Å². The topological polar surface area (TPSA) is 153 Å². The monoisotopic (exact) mass is 402 g/mol. The third-order valence-corrected chi connectivity index (χ3v) is 4.21. The van der Waals surface area contributed by atoms with Crippen molar-refractivity contribution in [3.8, 4) is 17.6 Å². The van der Waals surface area contributed by atoms with E-state index in [1.54, 1.807) is 34.0 Å². The van der Waals surface area contributed by atoms with E-state index < -0.39 is 5.91 Å². The second-order valence-electron chi connectivity index (χ2n) is 6.96. The van der Waals surface area contributed by atoms with Crippen molar-refractivity contribution in [2.45, 2.75) is 26.3 Å². The zero-order valence-corrected chi connectivity index (χ0v) is 16.3. The number of hydrogen-bond acceptors (Lipinski definition) is 8. The van der Waals surface area contributed by atoms with E-state index in [1.807, 2.05) is 19.9 Å². The van der Waals surface area contributed by atoms with E-state index in [4.69, 9.17) is 11.0 Å². The zero-order valence-electron chi connectivity index (χ0n) is 16.3. The van der Waals surface area contributed by atoms with Gasteiger partial charge >= 0.3 is 0 Å². The van der Waals surface area contributed by atoms with Crippen LogP contribution in [0.3, 0.4) is 0 Å². The summed E-state index contributed by atoms with van der Waals surface area (Å²) in [6, 6.07) is 5.76. The summed E-state index contributed by atoms with van der Waals surface area (Å²) in [6.45, 7) is 4.02. The summed E-state index contributed by atoms with van der Waals surface area (Å²) >= 11 is 0. The van der Waals surface area contributed by atoms with Gasteiger partial charge in [0.2, 0.25) is 5.91 Å². The van der Waals surface area contributed by atoms with Crippen LogP contribution in [0.5, 0.6) is 0 Å². The van der Waals surface area contributed by atoms with Gasteiger partial charge in [-0.3, -0.25) is 4.79 Å². The number of anilines is 1. The fourth-order valence-corrected chi connectivity index (χ4v) is 2.99. The number of amides is 1. The predicted molar refractivity (Wildman–Crippen MR) is 108 cm³/mol. The Hall–Kier alpha value is -4.33. The minimum Gasteiger partial charge on any atom is -0.381 e. The number of carbonyl (C=O) groups excluding carboxylic acids is 1. The highest BCUT2D eigenvalue weighted by atomic mass is 16.1. The molecular formula is C19H18N10O. The van der Waals surface area contributed by atoms with Gasteiger partial charge < -0.3 is 11.1 Å².